The molecule has 6 heteroatoms. The molecule has 6 nitrogen and oxygen atoms in total. The average molecular weight is 364 g/mol. The summed E-state index contributed by atoms with van der Waals surface area (Å²) in [7, 11) is 7.48. The fourth-order valence-electron chi connectivity index (χ4n) is 3.44. The van der Waals surface area contributed by atoms with Crippen LogP contribution in [0, 0.1) is 0 Å². The van der Waals surface area contributed by atoms with Crippen LogP contribution in [0.25, 0.3) is 0 Å². The van der Waals surface area contributed by atoms with Gasteiger partial charge >= 0.3 is 0 Å². The summed E-state index contributed by atoms with van der Waals surface area (Å²) < 4.78 is 10.6. The summed E-state index contributed by atoms with van der Waals surface area (Å²) in [6.07, 6.45) is 3.11. The van der Waals surface area contributed by atoms with Crippen LogP contribution in [0.3, 0.4) is 0 Å². The standard InChI is InChI=1S/C20H33N3O3/c1-15(23-12-6-7-17(14-23)22(2)3)20(24)21-11-10-16-8-9-18(25-4)19(13-16)26-5/h8-9,13,15,17H,6-7,10-12,14H2,1-5H3,(H,21,24). The number of likely N-dealkylation sites (N-methyl/N-ethyl adjacent to an activating group) is 1. The second kappa shape index (κ2) is 9.78. The maximum Gasteiger partial charge on any atom is 0.237 e. The van der Waals surface area contributed by atoms with Crippen LogP contribution in [0.2, 0.25) is 0 Å². The van der Waals surface area contributed by atoms with Gasteiger partial charge in [-0.1, -0.05) is 6.07 Å². The molecule has 1 fully saturated rings. The molecule has 0 aromatic heterocycles. The predicted octanol–water partition coefficient (Wildman–Crippen LogP) is 1.78. The number of likely N-dealkylation sites (tertiary alicyclic amines) is 1. The van der Waals surface area contributed by atoms with E-state index in [4.69, 9.17) is 9.47 Å². The molecule has 146 valence electrons. The molecular weight excluding hydrogens is 330 g/mol. The van der Waals surface area contributed by atoms with Crippen LogP contribution in [-0.4, -0.2) is 75.7 Å². The summed E-state index contributed by atoms with van der Waals surface area (Å²) in [5.41, 5.74) is 1.11. The van der Waals surface area contributed by atoms with Gasteiger partial charge in [-0.2, -0.15) is 0 Å². The van der Waals surface area contributed by atoms with Crippen LogP contribution in [0.1, 0.15) is 25.3 Å². The number of piperidine rings is 1. The molecule has 26 heavy (non-hydrogen) atoms. The summed E-state index contributed by atoms with van der Waals surface area (Å²) in [6, 6.07) is 6.30. The van der Waals surface area contributed by atoms with Crippen molar-refractivity contribution >= 4 is 5.91 Å². The van der Waals surface area contributed by atoms with E-state index < -0.39 is 0 Å². The Balaban J connectivity index is 1.82. The number of methoxy groups -OCH3 is 2. The molecule has 1 N–H and O–H groups in total. The summed E-state index contributed by atoms with van der Waals surface area (Å²) >= 11 is 0. The summed E-state index contributed by atoms with van der Waals surface area (Å²) in [6.45, 7) is 4.57. The molecule has 1 amide bonds. The van der Waals surface area contributed by atoms with Crippen molar-refractivity contribution in [3.63, 3.8) is 0 Å². The lowest BCUT2D eigenvalue weighted by Crippen LogP contribution is -2.53. The largest absolute Gasteiger partial charge is 0.493 e. The van der Waals surface area contributed by atoms with E-state index in [1.165, 1.54) is 6.42 Å². The molecule has 0 saturated carbocycles. The summed E-state index contributed by atoms with van der Waals surface area (Å²) in [5, 5.41) is 3.07. The number of hydrogen-bond acceptors (Lipinski definition) is 5. The topological polar surface area (TPSA) is 54.0 Å². The highest BCUT2D eigenvalue weighted by Crippen LogP contribution is 2.27. The monoisotopic (exact) mass is 363 g/mol. The number of ether oxygens (including phenoxy) is 2. The Labute approximate surface area is 157 Å². The molecule has 1 aromatic rings. The van der Waals surface area contributed by atoms with Gasteiger partial charge in [0.15, 0.2) is 11.5 Å². The number of nitrogens with zero attached hydrogens (tertiary/aromatic N) is 2. The number of carbonyl (C=O) groups excluding carboxylic acids is 1. The van der Waals surface area contributed by atoms with Gasteiger partial charge in [0.1, 0.15) is 0 Å². The van der Waals surface area contributed by atoms with Crippen molar-refractivity contribution in [2.24, 2.45) is 0 Å². The van der Waals surface area contributed by atoms with Gasteiger partial charge in [-0.15, -0.1) is 0 Å². The Kier molecular flexibility index (Phi) is 7.72. The van der Waals surface area contributed by atoms with Gasteiger partial charge in [0.25, 0.3) is 0 Å². The van der Waals surface area contributed by atoms with Crippen LogP contribution in [0.15, 0.2) is 18.2 Å². The van der Waals surface area contributed by atoms with Gasteiger partial charge in [0, 0.05) is 19.1 Å². The van der Waals surface area contributed by atoms with Crippen LogP contribution < -0.4 is 14.8 Å². The third-order valence-corrected chi connectivity index (χ3v) is 5.25. The quantitative estimate of drug-likeness (QED) is 0.763. The zero-order valence-electron chi connectivity index (χ0n) is 16.7. The fourth-order valence-corrected chi connectivity index (χ4v) is 3.44. The lowest BCUT2D eigenvalue weighted by Gasteiger charge is -2.38. The normalized spacial score (nSPS) is 19.2. The third-order valence-electron chi connectivity index (χ3n) is 5.25. The minimum Gasteiger partial charge on any atom is -0.493 e. The summed E-state index contributed by atoms with van der Waals surface area (Å²) in [5.74, 6) is 1.53. The van der Waals surface area contributed by atoms with E-state index in [-0.39, 0.29) is 11.9 Å². The fraction of sp³-hybridized carbons (Fsp3) is 0.650. The first-order chi connectivity index (χ1) is 12.5. The van der Waals surface area contributed by atoms with Gasteiger partial charge in [-0.05, 0) is 64.5 Å². The molecule has 1 aromatic carbocycles. The van der Waals surface area contributed by atoms with Gasteiger partial charge in [0.2, 0.25) is 5.91 Å². The molecule has 0 aliphatic carbocycles. The lowest BCUT2D eigenvalue weighted by molar-refractivity contribution is -0.126. The first kappa shape index (κ1) is 20.5. The zero-order valence-corrected chi connectivity index (χ0v) is 16.7. The van der Waals surface area contributed by atoms with E-state index in [0.717, 1.165) is 37.2 Å². The molecule has 1 aliphatic heterocycles. The Morgan fingerprint density at radius 3 is 2.69 bits per heavy atom. The second-order valence-electron chi connectivity index (χ2n) is 7.16. The minimum absolute atomic E-state index is 0.0943. The molecular formula is C20H33N3O3. The van der Waals surface area contributed by atoms with Crippen molar-refractivity contribution in [1.82, 2.24) is 15.1 Å². The van der Waals surface area contributed by atoms with Crippen LogP contribution in [-0.2, 0) is 11.2 Å². The van der Waals surface area contributed by atoms with Crippen molar-refractivity contribution in [3.05, 3.63) is 23.8 Å². The second-order valence-corrected chi connectivity index (χ2v) is 7.16. The van der Waals surface area contributed by atoms with Crippen molar-refractivity contribution in [2.45, 2.75) is 38.3 Å². The number of hydrogen-bond donors (Lipinski definition) is 1. The van der Waals surface area contributed by atoms with Crippen LogP contribution in [0.5, 0.6) is 11.5 Å². The van der Waals surface area contributed by atoms with Gasteiger partial charge in [-0.25, -0.2) is 0 Å². The number of nitrogens with one attached hydrogen (secondary N) is 1. The van der Waals surface area contributed by atoms with E-state index in [1.54, 1.807) is 14.2 Å². The van der Waals surface area contributed by atoms with E-state index in [9.17, 15) is 4.79 Å². The first-order valence-electron chi connectivity index (χ1n) is 9.35. The Morgan fingerprint density at radius 1 is 1.31 bits per heavy atom. The molecule has 1 heterocycles. The smallest absolute Gasteiger partial charge is 0.237 e. The first-order valence-corrected chi connectivity index (χ1v) is 9.35. The number of rotatable bonds is 8. The van der Waals surface area contributed by atoms with Crippen molar-refractivity contribution in [2.75, 3.05) is 47.9 Å². The maximum atomic E-state index is 12.5. The SMILES string of the molecule is COc1ccc(CCNC(=O)C(C)N2CCCC(N(C)C)C2)cc1OC. The van der Waals surface area contributed by atoms with Gasteiger partial charge < -0.3 is 19.7 Å². The Bertz CT molecular complexity index is 592. The van der Waals surface area contributed by atoms with Crippen molar-refractivity contribution in [1.29, 1.82) is 0 Å². The number of amides is 1. The van der Waals surface area contributed by atoms with E-state index >= 15 is 0 Å². The Hall–Kier alpha value is -1.79. The van der Waals surface area contributed by atoms with E-state index in [1.807, 2.05) is 25.1 Å². The molecule has 2 unspecified atom stereocenters. The minimum atomic E-state index is -0.0943. The molecule has 2 atom stereocenters. The highest BCUT2D eigenvalue weighted by atomic mass is 16.5. The number of benzene rings is 1. The molecule has 0 bridgehead atoms. The van der Waals surface area contributed by atoms with Crippen molar-refractivity contribution < 1.29 is 14.3 Å². The molecule has 1 saturated heterocycles. The Morgan fingerprint density at radius 2 is 2.04 bits per heavy atom. The maximum absolute atomic E-state index is 12.5. The van der Waals surface area contributed by atoms with Gasteiger partial charge in [-0.3, -0.25) is 9.69 Å². The predicted molar refractivity (Wildman–Crippen MR) is 104 cm³/mol. The molecule has 1 aliphatic rings. The van der Waals surface area contributed by atoms with Crippen molar-refractivity contribution in [3.8, 4) is 11.5 Å². The van der Waals surface area contributed by atoms with E-state index in [2.05, 4.69) is 29.2 Å². The average Bonchev–Trinajstić information content (AvgIpc) is 2.67. The van der Waals surface area contributed by atoms with Gasteiger partial charge in [0.05, 0.1) is 20.3 Å². The zero-order chi connectivity index (χ0) is 19.1. The highest BCUT2D eigenvalue weighted by Gasteiger charge is 2.27. The number of carbonyl (C=O) groups is 1. The third kappa shape index (κ3) is 5.35. The van der Waals surface area contributed by atoms with Crippen LogP contribution >= 0.6 is 0 Å². The lowest BCUT2D eigenvalue weighted by atomic mass is 10.0. The molecule has 2 rings (SSSR count). The summed E-state index contributed by atoms with van der Waals surface area (Å²) in [4.78, 5) is 17.1. The van der Waals surface area contributed by atoms with E-state index in [0.29, 0.717) is 18.3 Å². The molecule has 0 spiro atoms. The molecule has 0 radical (unpaired) electrons. The van der Waals surface area contributed by atoms with Crippen LogP contribution in [0.4, 0.5) is 0 Å². The highest BCUT2D eigenvalue weighted by molar-refractivity contribution is 5.81.